The van der Waals surface area contributed by atoms with Crippen molar-refractivity contribution in [3.63, 3.8) is 0 Å². The molecule has 4 rings (SSSR count). The van der Waals surface area contributed by atoms with Gasteiger partial charge in [-0.05, 0) is 89.0 Å². The molecule has 47 heavy (non-hydrogen) atoms. The SMILES string of the molecule is CCCC(c1ccc(C(=O)NCCC(=O)O)cc1)C(c1ccc(OC(F)(F)F)cc1)c1ccc(-c2ccc(Cl)cc2C)cc1.NC=O. The fourth-order valence-corrected chi connectivity index (χ4v) is 5.69. The Morgan fingerprint density at radius 3 is 2.00 bits per heavy atom. The Hall–Kier alpha value is -4.83. The van der Waals surface area contributed by atoms with E-state index in [2.05, 4.69) is 22.7 Å². The summed E-state index contributed by atoms with van der Waals surface area (Å²) >= 11 is 6.15. The first-order valence-corrected chi connectivity index (χ1v) is 15.2. The molecule has 11 heteroatoms. The third-order valence-corrected chi connectivity index (χ3v) is 7.70. The van der Waals surface area contributed by atoms with Crippen molar-refractivity contribution in [1.82, 2.24) is 5.32 Å². The summed E-state index contributed by atoms with van der Waals surface area (Å²) < 4.78 is 42.7. The molecule has 2 atom stereocenters. The van der Waals surface area contributed by atoms with Crippen LogP contribution in [-0.2, 0) is 9.59 Å². The lowest BCUT2D eigenvalue weighted by Gasteiger charge is -2.29. The zero-order valence-electron chi connectivity index (χ0n) is 25.9. The molecular weight excluding hydrogens is 633 g/mol. The number of primary amides is 1. The number of carbonyl (C=O) groups is 3. The summed E-state index contributed by atoms with van der Waals surface area (Å²) in [5.41, 5.74) is 10.4. The minimum Gasteiger partial charge on any atom is -0.481 e. The van der Waals surface area contributed by atoms with Gasteiger partial charge in [0.05, 0.1) is 6.42 Å². The smallest absolute Gasteiger partial charge is 0.481 e. The van der Waals surface area contributed by atoms with Gasteiger partial charge in [0, 0.05) is 23.0 Å². The highest BCUT2D eigenvalue weighted by Gasteiger charge is 2.32. The van der Waals surface area contributed by atoms with Crippen molar-refractivity contribution in [3.8, 4) is 16.9 Å². The minimum atomic E-state index is -4.79. The molecule has 7 nitrogen and oxygen atoms in total. The summed E-state index contributed by atoms with van der Waals surface area (Å²) in [6.07, 6.45) is -3.10. The van der Waals surface area contributed by atoms with Gasteiger partial charge in [-0.15, -0.1) is 13.2 Å². The van der Waals surface area contributed by atoms with Crippen LogP contribution in [0.2, 0.25) is 5.02 Å². The van der Waals surface area contributed by atoms with Gasteiger partial charge in [0.1, 0.15) is 5.75 Å². The number of benzene rings is 4. The third kappa shape index (κ3) is 10.9. The van der Waals surface area contributed by atoms with E-state index in [1.807, 2.05) is 61.5 Å². The van der Waals surface area contributed by atoms with Crippen LogP contribution in [0, 0.1) is 6.92 Å². The predicted octanol–water partition coefficient (Wildman–Crippen LogP) is 8.24. The zero-order chi connectivity index (χ0) is 34.6. The second kappa shape index (κ2) is 17.2. The maximum Gasteiger partial charge on any atom is 0.573 e. The molecule has 0 aliphatic heterocycles. The second-order valence-electron chi connectivity index (χ2n) is 10.7. The Bertz CT molecular complexity index is 1630. The molecule has 4 aromatic rings. The quantitative estimate of drug-likeness (QED) is 0.131. The number of nitrogens with two attached hydrogens (primary N) is 1. The van der Waals surface area contributed by atoms with Crippen molar-refractivity contribution in [2.75, 3.05) is 6.54 Å². The lowest BCUT2D eigenvalue weighted by molar-refractivity contribution is -0.274. The number of alkyl halides is 3. The van der Waals surface area contributed by atoms with Crippen molar-refractivity contribution in [2.45, 2.75) is 51.3 Å². The van der Waals surface area contributed by atoms with Crippen LogP contribution in [0.25, 0.3) is 11.1 Å². The molecule has 0 saturated carbocycles. The van der Waals surface area contributed by atoms with E-state index in [1.165, 1.54) is 12.1 Å². The van der Waals surface area contributed by atoms with Crippen LogP contribution in [0.1, 0.15) is 70.6 Å². The number of hydrogen-bond donors (Lipinski definition) is 3. The topological polar surface area (TPSA) is 119 Å². The van der Waals surface area contributed by atoms with Crippen molar-refractivity contribution >= 4 is 29.9 Å². The summed E-state index contributed by atoms with van der Waals surface area (Å²) in [6.45, 7) is 4.09. The van der Waals surface area contributed by atoms with E-state index >= 15 is 0 Å². The largest absolute Gasteiger partial charge is 0.573 e. The molecule has 0 aliphatic carbocycles. The molecule has 4 aromatic carbocycles. The number of hydrogen-bond acceptors (Lipinski definition) is 4. The van der Waals surface area contributed by atoms with Gasteiger partial charge < -0.3 is 20.9 Å². The summed E-state index contributed by atoms with van der Waals surface area (Å²) in [6, 6.07) is 27.0. The fourth-order valence-electron chi connectivity index (χ4n) is 5.46. The first-order chi connectivity index (χ1) is 22.4. The molecular formula is C36H36ClF3N2O5. The summed E-state index contributed by atoms with van der Waals surface area (Å²) in [4.78, 5) is 31.9. The Morgan fingerprint density at radius 1 is 0.936 bits per heavy atom. The molecule has 0 aromatic heterocycles. The van der Waals surface area contributed by atoms with Gasteiger partial charge in [-0.3, -0.25) is 14.4 Å². The molecule has 0 fully saturated rings. The number of carbonyl (C=O) groups excluding carboxylic acids is 2. The lowest BCUT2D eigenvalue weighted by Crippen LogP contribution is -2.26. The minimum absolute atomic E-state index is 0.0238. The number of carboxylic acid groups (broad SMARTS) is 1. The van der Waals surface area contributed by atoms with Crippen LogP contribution >= 0.6 is 11.6 Å². The average molecular weight is 669 g/mol. The van der Waals surface area contributed by atoms with Gasteiger partial charge in [0.2, 0.25) is 6.41 Å². The maximum absolute atomic E-state index is 12.9. The lowest BCUT2D eigenvalue weighted by atomic mass is 9.75. The molecule has 248 valence electrons. The van der Waals surface area contributed by atoms with Gasteiger partial charge >= 0.3 is 12.3 Å². The number of rotatable bonds is 12. The highest BCUT2D eigenvalue weighted by molar-refractivity contribution is 6.30. The van der Waals surface area contributed by atoms with Crippen LogP contribution < -0.4 is 15.8 Å². The van der Waals surface area contributed by atoms with Gasteiger partial charge in [-0.25, -0.2) is 0 Å². The fraction of sp³-hybridized carbons (Fsp3) is 0.250. The Morgan fingerprint density at radius 2 is 1.49 bits per heavy atom. The number of halogens is 4. The van der Waals surface area contributed by atoms with Gasteiger partial charge in [-0.1, -0.05) is 79.5 Å². The van der Waals surface area contributed by atoms with Crippen molar-refractivity contribution in [3.05, 3.63) is 124 Å². The highest BCUT2D eigenvalue weighted by Crippen LogP contribution is 2.43. The Labute approximate surface area is 276 Å². The first-order valence-electron chi connectivity index (χ1n) is 14.8. The molecule has 0 heterocycles. The number of nitrogens with one attached hydrogen (secondary N) is 1. The average Bonchev–Trinajstić information content (AvgIpc) is 3.01. The first kappa shape index (κ1) is 36.6. The van der Waals surface area contributed by atoms with Gasteiger partial charge in [0.25, 0.3) is 5.91 Å². The maximum atomic E-state index is 12.9. The summed E-state index contributed by atoms with van der Waals surface area (Å²) in [5, 5.41) is 12.1. The number of aryl methyl sites for hydroxylation is 1. The van der Waals surface area contributed by atoms with Crippen molar-refractivity contribution < 1.29 is 37.4 Å². The molecule has 0 saturated heterocycles. The van der Waals surface area contributed by atoms with E-state index in [0.29, 0.717) is 10.6 Å². The van der Waals surface area contributed by atoms with Gasteiger partial charge in [-0.2, -0.15) is 0 Å². The van der Waals surface area contributed by atoms with Crippen LogP contribution in [0.5, 0.6) is 5.75 Å². The zero-order valence-corrected chi connectivity index (χ0v) is 26.6. The van der Waals surface area contributed by atoms with Crippen LogP contribution in [0.3, 0.4) is 0 Å². The molecule has 2 amide bonds. The number of amides is 2. The highest BCUT2D eigenvalue weighted by atomic mass is 35.5. The summed E-state index contributed by atoms with van der Waals surface area (Å²) in [7, 11) is 0. The van der Waals surface area contributed by atoms with Crippen LogP contribution in [0.4, 0.5) is 13.2 Å². The predicted molar refractivity (Wildman–Crippen MR) is 176 cm³/mol. The van der Waals surface area contributed by atoms with Crippen molar-refractivity contribution in [1.29, 1.82) is 0 Å². The molecule has 0 radical (unpaired) electrons. The molecule has 0 aliphatic rings. The molecule has 4 N–H and O–H groups in total. The Balaban J connectivity index is 0.00000192. The normalized spacial score (nSPS) is 12.2. The van der Waals surface area contributed by atoms with E-state index < -0.39 is 12.3 Å². The number of ether oxygens (including phenoxy) is 1. The van der Waals surface area contributed by atoms with E-state index in [0.717, 1.165) is 46.2 Å². The van der Waals surface area contributed by atoms with E-state index in [-0.39, 0.29) is 42.9 Å². The van der Waals surface area contributed by atoms with Crippen LogP contribution in [-0.4, -0.2) is 36.3 Å². The standard InChI is InChI=1S/C35H33ClF3NO4.CH3NO/c1-3-4-31(24-7-11-27(12-8-24)34(43)40-20-19-32(41)42)33(26-13-16-29(17-14-26)44-35(37,38)39)25-9-5-23(6-10-25)30-18-15-28(36)21-22(30)2;2-1-3/h5-18,21,31,33H,3-4,19-20H2,1-2H3,(H,40,43)(H,41,42);1H,(H2,2,3). The third-order valence-electron chi connectivity index (χ3n) is 7.47. The van der Waals surface area contributed by atoms with E-state index in [9.17, 15) is 22.8 Å². The second-order valence-corrected chi connectivity index (χ2v) is 11.2. The number of aliphatic carboxylic acids is 1. The monoisotopic (exact) mass is 668 g/mol. The Kier molecular flexibility index (Phi) is 13.4. The van der Waals surface area contributed by atoms with E-state index in [1.54, 1.807) is 24.3 Å². The van der Waals surface area contributed by atoms with Gasteiger partial charge in [0.15, 0.2) is 0 Å². The molecule has 2 unspecified atom stereocenters. The molecule has 0 spiro atoms. The molecule has 0 bridgehead atoms. The van der Waals surface area contributed by atoms with E-state index in [4.69, 9.17) is 21.5 Å². The summed E-state index contributed by atoms with van der Waals surface area (Å²) in [5.74, 6) is -1.94. The number of carboxylic acids is 1. The van der Waals surface area contributed by atoms with Crippen molar-refractivity contribution in [2.24, 2.45) is 5.73 Å². The van der Waals surface area contributed by atoms with Crippen LogP contribution in [0.15, 0.2) is 91.0 Å².